The topological polar surface area (TPSA) is 24.1 Å². The number of halogens is 1. The maximum Gasteiger partial charge on any atom is 0.126 e. The van der Waals surface area contributed by atoms with Gasteiger partial charge in [0.25, 0.3) is 0 Å². The molecule has 1 aromatic carbocycles. The fourth-order valence-corrected chi connectivity index (χ4v) is 3.91. The van der Waals surface area contributed by atoms with Crippen LogP contribution in [0.15, 0.2) is 61.0 Å². The normalized spacial score (nSPS) is 18.7. The van der Waals surface area contributed by atoms with Gasteiger partial charge in [0.1, 0.15) is 5.82 Å². The van der Waals surface area contributed by atoms with Gasteiger partial charge in [0, 0.05) is 35.5 Å². The van der Waals surface area contributed by atoms with Gasteiger partial charge in [0.2, 0.25) is 0 Å². The lowest BCUT2D eigenvalue weighted by molar-refractivity contribution is 0.0990. The van der Waals surface area contributed by atoms with Crippen molar-refractivity contribution in [3.8, 4) is 0 Å². The zero-order valence-electron chi connectivity index (χ0n) is 15.9. The average molecular weight is 352 g/mol. The van der Waals surface area contributed by atoms with Gasteiger partial charge in [-0.2, -0.15) is 0 Å². The minimum atomic E-state index is -0.179. The molecule has 2 aliphatic carbocycles. The van der Waals surface area contributed by atoms with Gasteiger partial charge in [-0.3, -0.25) is 0 Å². The smallest absolute Gasteiger partial charge is 0.126 e. The largest absolute Gasteiger partial charge is 0.385 e. The maximum absolute atomic E-state index is 13.5. The molecule has 0 bridgehead atoms. The lowest BCUT2D eigenvalue weighted by Gasteiger charge is -2.48. The Hall–Kier alpha value is -2.29. The summed E-state index contributed by atoms with van der Waals surface area (Å²) in [5, 5.41) is 7.00. The molecule has 3 heteroatoms. The highest BCUT2D eigenvalue weighted by molar-refractivity contribution is 5.62. The molecule has 0 radical (unpaired) electrons. The predicted octanol–water partition coefficient (Wildman–Crippen LogP) is 5.45. The van der Waals surface area contributed by atoms with Gasteiger partial charge in [-0.1, -0.05) is 44.7 Å². The second kappa shape index (κ2) is 7.53. The zero-order valence-corrected chi connectivity index (χ0v) is 15.9. The zero-order chi connectivity index (χ0) is 18.7. The molecule has 3 rings (SSSR count). The van der Waals surface area contributed by atoms with Gasteiger partial charge in [-0.05, 0) is 55.0 Å². The number of aryl methyl sites for hydroxylation is 1. The first-order chi connectivity index (χ1) is 12.4. The van der Waals surface area contributed by atoms with Crippen molar-refractivity contribution in [3.63, 3.8) is 0 Å². The second-order valence-electron chi connectivity index (χ2n) is 7.66. The number of hydrogen-bond donors (Lipinski definition) is 2. The second-order valence-corrected chi connectivity index (χ2v) is 7.66. The minimum Gasteiger partial charge on any atom is -0.385 e. The van der Waals surface area contributed by atoms with Crippen LogP contribution in [-0.4, -0.2) is 6.54 Å². The van der Waals surface area contributed by atoms with Gasteiger partial charge in [0.15, 0.2) is 0 Å². The van der Waals surface area contributed by atoms with Crippen LogP contribution < -0.4 is 10.6 Å². The molecule has 1 unspecified atom stereocenters. The quantitative estimate of drug-likeness (QED) is 0.650. The molecule has 1 saturated carbocycles. The molecule has 0 spiro atoms. The Bertz CT molecular complexity index is 768. The van der Waals surface area contributed by atoms with Crippen molar-refractivity contribution in [2.75, 3.05) is 6.54 Å². The highest BCUT2D eigenvalue weighted by Crippen LogP contribution is 2.51. The lowest BCUT2D eigenvalue weighted by Crippen LogP contribution is -2.45. The molecule has 2 N–H and O–H groups in total. The summed E-state index contributed by atoms with van der Waals surface area (Å²) in [5.74, 6) is 0.255. The van der Waals surface area contributed by atoms with E-state index in [1.807, 2.05) is 6.07 Å². The third-order valence-electron chi connectivity index (χ3n) is 6.00. The first kappa shape index (κ1) is 18.5. The van der Waals surface area contributed by atoms with Crippen molar-refractivity contribution in [1.82, 2.24) is 10.6 Å². The van der Waals surface area contributed by atoms with E-state index in [4.69, 9.17) is 0 Å². The molecule has 26 heavy (non-hydrogen) atoms. The lowest BCUT2D eigenvalue weighted by atomic mass is 9.59. The summed E-state index contributed by atoms with van der Waals surface area (Å²) in [4.78, 5) is 0. The van der Waals surface area contributed by atoms with E-state index in [2.05, 4.69) is 48.9 Å². The molecular formula is C23H29FN2. The summed E-state index contributed by atoms with van der Waals surface area (Å²) < 4.78 is 13.5. The van der Waals surface area contributed by atoms with Crippen LogP contribution in [0.4, 0.5) is 4.39 Å². The van der Waals surface area contributed by atoms with E-state index in [0.29, 0.717) is 11.5 Å². The Kier molecular flexibility index (Phi) is 5.36. The third kappa shape index (κ3) is 3.62. The molecule has 0 aromatic heterocycles. The summed E-state index contributed by atoms with van der Waals surface area (Å²) in [7, 11) is 0. The molecule has 0 saturated heterocycles. The monoisotopic (exact) mass is 352 g/mol. The van der Waals surface area contributed by atoms with E-state index in [1.165, 1.54) is 31.0 Å². The van der Waals surface area contributed by atoms with Gasteiger partial charge < -0.3 is 10.6 Å². The summed E-state index contributed by atoms with van der Waals surface area (Å²) >= 11 is 0. The van der Waals surface area contributed by atoms with Crippen molar-refractivity contribution in [2.24, 2.45) is 11.3 Å². The number of nitrogens with one attached hydrogen (secondary N) is 2. The molecule has 1 aromatic rings. The molecule has 1 fully saturated rings. The fourth-order valence-electron chi connectivity index (χ4n) is 3.91. The van der Waals surface area contributed by atoms with Crippen molar-refractivity contribution in [2.45, 2.75) is 39.5 Å². The van der Waals surface area contributed by atoms with Crippen LogP contribution in [-0.2, 0) is 0 Å². The molecule has 138 valence electrons. The van der Waals surface area contributed by atoms with Crippen molar-refractivity contribution in [3.05, 3.63) is 77.9 Å². The van der Waals surface area contributed by atoms with Crippen LogP contribution in [0.5, 0.6) is 0 Å². The molecule has 0 amide bonds. The molecule has 2 nitrogen and oxygen atoms in total. The first-order valence-electron chi connectivity index (χ1n) is 9.44. The van der Waals surface area contributed by atoms with E-state index < -0.39 is 0 Å². The van der Waals surface area contributed by atoms with Crippen molar-refractivity contribution < 1.29 is 4.39 Å². The molecule has 1 atom stereocenters. The van der Waals surface area contributed by atoms with Gasteiger partial charge in [0.05, 0.1) is 0 Å². The average Bonchev–Trinajstić information content (AvgIpc) is 3.07. The van der Waals surface area contributed by atoms with Crippen LogP contribution in [0.3, 0.4) is 0 Å². The summed E-state index contributed by atoms with van der Waals surface area (Å²) in [6.45, 7) is 13.4. The number of benzene rings is 1. The van der Waals surface area contributed by atoms with Crippen molar-refractivity contribution in [1.29, 1.82) is 0 Å². The summed E-state index contributed by atoms with van der Waals surface area (Å²) in [6, 6.07) is 5.12. The van der Waals surface area contributed by atoms with E-state index in [9.17, 15) is 4.39 Å². The molecular weight excluding hydrogens is 323 g/mol. The minimum absolute atomic E-state index is 0.134. The third-order valence-corrected chi connectivity index (χ3v) is 6.00. The SMILES string of the molecule is C=C(NCC(C)C1(C(=C)NC2=CC=CC2)CCC1)c1ccc(F)c(C)c1. The number of rotatable bonds is 8. The fraction of sp³-hybridized carbons (Fsp3) is 0.391. The highest BCUT2D eigenvalue weighted by Gasteiger charge is 2.44. The molecule has 0 heterocycles. The van der Waals surface area contributed by atoms with E-state index in [0.717, 1.165) is 29.9 Å². The Balaban J connectivity index is 1.60. The van der Waals surface area contributed by atoms with Crippen molar-refractivity contribution >= 4 is 5.70 Å². The maximum atomic E-state index is 13.5. The summed E-state index contributed by atoms with van der Waals surface area (Å²) in [5.41, 5.74) is 4.93. The Morgan fingerprint density at radius 1 is 1.31 bits per heavy atom. The van der Waals surface area contributed by atoms with Gasteiger partial charge >= 0.3 is 0 Å². The van der Waals surface area contributed by atoms with Crippen LogP contribution in [0.1, 0.15) is 43.7 Å². The van der Waals surface area contributed by atoms with E-state index in [1.54, 1.807) is 13.0 Å². The van der Waals surface area contributed by atoms with Crippen LogP contribution >= 0.6 is 0 Å². The standard InChI is InChI=1S/C23H29FN2/c1-16-14-20(10-11-22(16)24)18(3)25-15-17(2)23(12-7-13-23)19(4)26-21-8-5-6-9-21/h5-6,8,10-11,14,17,25-26H,3-4,7,9,12-13,15H2,1-2H3. The Labute approximate surface area is 156 Å². The molecule has 2 aliphatic rings. The predicted molar refractivity (Wildman–Crippen MR) is 108 cm³/mol. The van der Waals surface area contributed by atoms with E-state index in [-0.39, 0.29) is 11.2 Å². The number of hydrogen-bond acceptors (Lipinski definition) is 2. The van der Waals surface area contributed by atoms with Gasteiger partial charge in [-0.25, -0.2) is 4.39 Å². The highest BCUT2D eigenvalue weighted by atomic mass is 19.1. The molecule has 0 aliphatic heterocycles. The number of allylic oxidation sites excluding steroid dienone is 4. The van der Waals surface area contributed by atoms with Crippen LogP contribution in [0, 0.1) is 24.1 Å². The summed E-state index contributed by atoms with van der Waals surface area (Å²) in [6.07, 6.45) is 10.9. The first-order valence-corrected chi connectivity index (χ1v) is 9.44. The van der Waals surface area contributed by atoms with Crippen LogP contribution in [0.25, 0.3) is 5.70 Å². The Morgan fingerprint density at radius 2 is 2.08 bits per heavy atom. The Morgan fingerprint density at radius 3 is 2.65 bits per heavy atom. The van der Waals surface area contributed by atoms with Gasteiger partial charge in [-0.15, -0.1) is 0 Å². The van der Waals surface area contributed by atoms with E-state index >= 15 is 0 Å². The van der Waals surface area contributed by atoms with Crippen LogP contribution in [0.2, 0.25) is 0 Å².